The van der Waals surface area contributed by atoms with Gasteiger partial charge in [-0.2, -0.15) is 0 Å². The van der Waals surface area contributed by atoms with Crippen molar-refractivity contribution in [1.82, 2.24) is 0 Å². The molecule has 0 aromatic carbocycles. The van der Waals surface area contributed by atoms with E-state index in [4.69, 9.17) is 5.11 Å². The molecular weight excluding hydrogens is 103 g/mol. The van der Waals surface area contributed by atoms with Gasteiger partial charge in [0.25, 0.3) is 0 Å². The molecule has 0 saturated carbocycles. The van der Waals surface area contributed by atoms with Crippen LogP contribution in [0.2, 0.25) is 0 Å². The van der Waals surface area contributed by atoms with E-state index in [9.17, 15) is 4.79 Å². The molecule has 0 saturated heterocycles. The van der Waals surface area contributed by atoms with Gasteiger partial charge >= 0.3 is 29.6 Å². The molecule has 0 amide bonds. The summed E-state index contributed by atoms with van der Waals surface area (Å²) in [7, 11) is 0. The molecule has 7 heavy (non-hydrogen) atoms. The molecule has 0 aromatic heterocycles. The zero-order valence-corrected chi connectivity index (χ0v) is 3.51. The van der Waals surface area contributed by atoms with Crippen molar-refractivity contribution in [2.45, 2.75) is 6.92 Å². The van der Waals surface area contributed by atoms with Crippen LogP contribution in [0.15, 0.2) is 12.3 Å². The van der Waals surface area contributed by atoms with Crippen molar-refractivity contribution in [2.75, 3.05) is 0 Å². The summed E-state index contributed by atoms with van der Waals surface area (Å²) in [6, 6.07) is 0. The van der Waals surface area contributed by atoms with Gasteiger partial charge in [0.05, 0.1) is 6.26 Å². The maximum absolute atomic E-state index is 9.80. The predicted molar refractivity (Wildman–Crippen MR) is 29.6 cm³/mol. The number of carbonyl (C=O) groups is 1. The Bertz CT molecular complexity index is 77.8. The molecular formula is C4H7NaO2. The fourth-order valence-corrected chi connectivity index (χ4v) is 0.105. The topological polar surface area (TPSA) is 37.3 Å². The minimum atomic E-state index is -0.141. The van der Waals surface area contributed by atoms with Crippen LogP contribution in [-0.4, -0.2) is 40.4 Å². The molecule has 0 atom stereocenters. The molecule has 0 fully saturated rings. The van der Waals surface area contributed by atoms with Crippen molar-refractivity contribution in [2.24, 2.45) is 0 Å². The molecule has 0 heterocycles. The second-order valence-corrected chi connectivity index (χ2v) is 0.926. The first-order valence-electron chi connectivity index (χ1n) is 1.58. The molecule has 0 bridgehead atoms. The Morgan fingerprint density at radius 2 is 2.14 bits per heavy atom. The molecule has 0 aliphatic rings. The SMILES string of the molecule is CC(=O)C=CO.[NaH]. The fraction of sp³-hybridized carbons (Fsp3) is 0.250. The first-order valence-corrected chi connectivity index (χ1v) is 1.58. The summed E-state index contributed by atoms with van der Waals surface area (Å²) in [4.78, 5) is 9.80. The summed E-state index contributed by atoms with van der Waals surface area (Å²) in [5.41, 5.74) is 0. The van der Waals surface area contributed by atoms with Gasteiger partial charge in [0.2, 0.25) is 0 Å². The summed E-state index contributed by atoms with van der Waals surface area (Å²) in [5.74, 6) is -0.141. The number of aliphatic hydroxyl groups excluding tert-OH is 1. The first-order chi connectivity index (χ1) is 2.77. The van der Waals surface area contributed by atoms with Crippen molar-refractivity contribution in [3.8, 4) is 0 Å². The van der Waals surface area contributed by atoms with Gasteiger partial charge in [-0.15, -0.1) is 0 Å². The molecule has 36 valence electrons. The van der Waals surface area contributed by atoms with Crippen molar-refractivity contribution in [1.29, 1.82) is 0 Å². The van der Waals surface area contributed by atoms with E-state index in [0.29, 0.717) is 0 Å². The molecule has 2 nitrogen and oxygen atoms in total. The van der Waals surface area contributed by atoms with E-state index in [-0.39, 0.29) is 35.3 Å². The van der Waals surface area contributed by atoms with Crippen molar-refractivity contribution >= 4 is 35.3 Å². The Morgan fingerprint density at radius 1 is 1.71 bits per heavy atom. The Hall–Kier alpha value is 0.210. The molecule has 0 aliphatic carbocycles. The quantitative estimate of drug-likeness (QED) is 0.293. The first kappa shape index (κ1) is 10.2. The van der Waals surface area contributed by atoms with E-state index in [1.165, 1.54) is 6.92 Å². The number of ketones is 1. The van der Waals surface area contributed by atoms with E-state index >= 15 is 0 Å². The third-order valence-corrected chi connectivity index (χ3v) is 0.309. The average Bonchev–Trinajstić information content (AvgIpc) is 1.35. The number of hydrogen-bond acceptors (Lipinski definition) is 2. The Kier molecular flexibility index (Phi) is 9.09. The van der Waals surface area contributed by atoms with Gasteiger partial charge in [-0.1, -0.05) is 0 Å². The van der Waals surface area contributed by atoms with Gasteiger partial charge in [0.15, 0.2) is 5.78 Å². The maximum atomic E-state index is 9.80. The molecule has 0 aliphatic heterocycles. The Morgan fingerprint density at radius 3 is 2.14 bits per heavy atom. The third-order valence-electron chi connectivity index (χ3n) is 0.309. The second-order valence-electron chi connectivity index (χ2n) is 0.926. The minimum absolute atomic E-state index is 0. The molecule has 3 heteroatoms. The summed E-state index contributed by atoms with van der Waals surface area (Å²) in [6.45, 7) is 1.37. The monoisotopic (exact) mass is 110 g/mol. The molecule has 0 unspecified atom stereocenters. The normalized spacial score (nSPS) is 8.14. The van der Waals surface area contributed by atoms with Gasteiger partial charge in [-0.05, 0) is 6.92 Å². The van der Waals surface area contributed by atoms with Crippen LogP contribution >= 0.6 is 0 Å². The van der Waals surface area contributed by atoms with Gasteiger partial charge in [-0.3, -0.25) is 4.79 Å². The number of carbonyl (C=O) groups excluding carboxylic acids is 1. The van der Waals surface area contributed by atoms with Gasteiger partial charge in [-0.25, -0.2) is 0 Å². The molecule has 0 rings (SSSR count). The summed E-state index contributed by atoms with van der Waals surface area (Å²) < 4.78 is 0. The van der Waals surface area contributed by atoms with Crippen LogP contribution < -0.4 is 0 Å². The summed E-state index contributed by atoms with van der Waals surface area (Å²) in [5, 5.41) is 7.84. The number of aliphatic hydroxyl groups is 1. The van der Waals surface area contributed by atoms with E-state index in [2.05, 4.69) is 0 Å². The molecule has 0 aromatic rings. The van der Waals surface area contributed by atoms with Crippen molar-refractivity contribution < 1.29 is 9.90 Å². The number of rotatable bonds is 1. The number of allylic oxidation sites excluding steroid dienone is 1. The van der Waals surface area contributed by atoms with E-state index in [1.807, 2.05) is 0 Å². The van der Waals surface area contributed by atoms with Crippen LogP contribution in [0.1, 0.15) is 6.92 Å². The zero-order valence-electron chi connectivity index (χ0n) is 3.51. The molecule has 1 N–H and O–H groups in total. The Labute approximate surface area is 64.5 Å². The van der Waals surface area contributed by atoms with E-state index < -0.39 is 0 Å². The third kappa shape index (κ3) is 10.7. The van der Waals surface area contributed by atoms with Crippen molar-refractivity contribution in [3.05, 3.63) is 12.3 Å². The van der Waals surface area contributed by atoms with Gasteiger partial charge in [0, 0.05) is 6.08 Å². The van der Waals surface area contributed by atoms with Gasteiger partial charge in [0.1, 0.15) is 0 Å². The van der Waals surface area contributed by atoms with Crippen molar-refractivity contribution in [3.63, 3.8) is 0 Å². The molecule has 0 spiro atoms. The van der Waals surface area contributed by atoms with Crippen LogP contribution in [0.5, 0.6) is 0 Å². The van der Waals surface area contributed by atoms with E-state index in [1.54, 1.807) is 0 Å². The van der Waals surface area contributed by atoms with Gasteiger partial charge < -0.3 is 5.11 Å². The fourth-order valence-electron chi connectivity index (χ4n) is 0.105. The zero-order chi connectivity index (χ0) is 4.99. The predicted octanol–water partition coefficient (Wildman–Crippen LogP) is -0.00140. The van der Waals surface area contributed by atoms with Crippen LogP contribution in [0, 0.1) is 0 Å². The summed E-state index contributed by atoms with van der Waals surface area (Å²) >= 11 is 0. The number of hydrogen-bond donors (Lipinski definition) is 1. The average molecular weight is 110 g/mol. The van der Waals surface area contributed by atoms with E-state index in [0.717, 1.165) is 12.3 Å². The van der Waals surface area contributed by atoms with Crippen LogP contribution in [0.4, 0.5) is 0 Å². The molecule has 0 radical (unpaired) electrons. The summed E-state index contributed by atoms with van der Waals surface area (Å²) in [6.07, 6.45) is 1.81. The second kappa shape index (κ2) is 6.21. The Balaban J connectivity index is 0. The van der Waals surface area contributed by atoms with Crippen LogP contribution in [0.25, 0.3) is 0 Å². The van der Waals surface area contributed by atoms with Crippen LogP contribution in [0.3, 0.4) is 0 Å². The standard InChI is InChI=1S/C4H6O2.Na.H/c1-4(6)2-3-5;;/h2-3,5H,1H3;;. The van der Waals surface area contributed by atoms with Crippen LogP contribution in [-0.2, 0) is 4.79 Å².